The van der Waals surface area contributed by atoms with Gasteiger partial charge in [-0.1, -0.05) is 43.5 Å². The predicted molar refractivity (Wildman–Crippen MR) is 116 cm³/mol. The number of para-hydroxylation sites is 1. The highest BCUT2D eigenvalue weighted by atomic mass is 16.5. The van der Waals surface area contributed by atoms with Crippen LogP contribution in [0.4, 0.5) is 0 Å². The molecular weight excluding hydrogens is 378 g/mol. The second-order valence-corrected chi connectivity index (χ2v) is 7.69. The topological polar surface area (TPSA) is 73.2 Å². The molecule has 1 aromatic heterocycles. The summed E-state index contributed by atoms with van der Waals surface area (Å²) in [5.74, 6) is -0.286. The molecule has 0 spiro atoms. The second kappa shape index (κ2) is 9.11. The minimum Gasteiger partial charge on any atom is -0.465 e. The standard InChI is InChI=1S/C24H27N3O3/c1-2-30-22(28)16-25-24(29)18-13-14-20-21(15-18)26-27(19-11-7-4-8-12-19)23(20)17-9-5-3-6-10-17/h4,7-8,11-15,17H,2-3,5-6,9-10,16H2,1H3,(H,25,29). The predicted octanol–water partition coefficient (Wildman–Crippen LogP) is 4.37. The first-order valence-electron chi connectivity index (χ1n) is 10.7. The third-order valence-corrected chi connectivity index (χ3v) is 5.66. The van der Waals surface area contributed by atoms with Gasteiger partial charge in [-0.25, -0.2) is 4.68 Å². The lowest BCUT2D eigenvalue weighted by Crippen LogP contribution is -2.30. The van der Waals surface area contributed by atoms with Gasteiger partial charge in [-0.15, -0.1) is 0 Å². The van der Waals surface area contributed by atoms with Gasteiger partial charge in [0.25, 0.3) is 5.91 Å². The van der Waals surface area contributed by atoms with E-state index in [1.807, 2.05) is 41.1 Å². The SMILES string of the molecule is CCOC(=O)CNC(=O)c1ccc2c(C3CCCCC3)n(-c3ccccc3)nc2c1. The number of carbonyl (C=O) groups excluding carboxylic acids is 2. The van der Waals surface area contributed by atoms with E-state index in [2.05, 4.69) is 17.4 Å². The number of hydrogen-bond acceptors (Lipinski definition) is 4. The molecule has 0 bridgehead atoms. The first-order chi connectivity index (χ1) is 14.7. The average molecular weight is 405 g/mol. The Balaban J connectivity index is 1.68. The van der Waals surface area contributed by atoms with Gasteiger partial charge in [0.15, 0.2) is 0 Å². The summed E-state index contributed by atoms with van der Waals surface area (Å²) < 4.78 is 6.91. The van der Waals surface area contributed by atoms with Crippen LogP contribution in [0.25, 0.3) is 16.6 Å². The van der Waals surface area contributed by atoms with Crippen molar-refractivity contribution < 1.29 is 14.3 Å². The Morgan fingerprint density at radius 3 is 2.60 bits per heavy atom. The van der Waals surface area contributed by atoms with Gasteiger partial charge in [0, 0.05) is 16.9 Å². The van der Waals surface area contributed by atoms with Crippen molar-refractivity contribution in [3.8, 4) is 5.69 Å². The van der Waals surface area contributed by atoms with Crippen molar-refractivity contribution in [1.82, 2.24) is 15.1 Å². The van der Waals surface area contributed by atoms with E-state index in [0.717, 1.165) is 29.4 Å². The van der Waals surface area contributed by atoms with E-state index in [4.69, 9.17) is 9.84 Å². The summed E-state index contributed by atoms with van der Waals surface area (Å²) in [7, 11) is 0. The molecule has 30 heavy (non-hydrogen) atoms. The molecule has 1 fully saturated rings. The molecular formula is C24H27N3O3. The number of carbonyl (C=O) groups is 2. The van der Waals surface area contributed by atoms with Crippen LogP contribution >= 0.6 is 0 Å². The van der Waals surface area contributed by atoms with Crippen molar-refractivity contribution in [3.05, 3.63) is 59.8 Å². The summed E-state index contributed by atoms with van der Waals surface area (Å²) in [6.07, 6.45) is 6.09. The van der Waals surface area contributed by atoms with Crippen LogP contribution < -0.4 is 5.32 Å². The summed E-state index contributed by atoms with van der Waals surface area (Å²) >= 11 is 0. The molecule has 0 saturated heterocycles. The summed E-state index contributed by atoms with van der Waals surface area (Å²) in [6.45, 7) is 1.89. The van der Waals surface area contributed by atoms with Gasteiger partial charge < -0.3 is 10.1 Å². The molecule has 6 nitrogen and oxygen atoms in total. The molecule has 0 atom stereocenters. The summed E-state index contributed by atoms with van der Waals surface area (Å²) in [5.41, 5.74) is 3.54. The molecule has 3 aromatic rings. The zero-order valence-corrected chi connectivity index (χ0v) is 17.3. The maximum atomic E-state index is 12.5. The Morgan fingerprint density at radius 1 is 1.10 bits per heavy atom. The lowest BCUT2D eigenvalue weighted by atomic mass is 9.85. The second-order valence-electron chi connectivity index (χ2n) is 7.69. The van der Waals surface area contributed by atoms with Gasteiger partial charge in [-0.05, 0) is 44.0 Å². The molecule has 156 valence electrons. The zero-order valence-electron chi connectivity index (χ0n) is 17.3. The molecule has 0 unspecified atom stereocenters. The molecule has 0 radical (unpaired) electrons. The number of ether oxygens (including phenoxy) is 1. The molecule has 1 amide bonds. The number of nitrogens with zero attached hydrogens (tertiary/aromatic N) is 2. The molecule has 1 heterocycles. The van der Waals surface area contributed by atoms with Crippen molar-refractivity contribution in [2.45, 2.75) is 44.9 Å². The Morgan fingerprint density at radius 2 is 1.87 bits per heavy atom. The summed E-state index contributed by atoms with van der Waals surface area (Å²) in [4.78, 5) is 24.0. The fourth-order valence-corrected chi connectivity index (χ4v) is 4.25. The maximum absolute atomic E-state index is 12.5. The van der Waals surface area contributed by atoms with Crippen LogP contribution in [0.15, 0.2) is 48.5 Å². The summed E-state index contributed by atoms with van der Waals surface area (Å²) in [5, 5.41) is 8.58. The van der Waals surface area contributed by atoms with Crippen LogP contribution in [0.1, 0.15) is 61.0 Å². The van der Waals surface area contributed by atoms with Crippen molar-refractivity contribution in [2.75, 3.05) is 13.2 Å². The molecule has 1 aliphatic carbocycles. The van der Waals surface area contributed by atoms with Gasteiger partial charge in [-0.3, -0.25) is 9.59 Å². The third kappa shape index (κ3) is 4.22. The normalized spacial score (nSPS) is 14.6. The van der Waals surface area contributed by atoms with Crippen LogP contribution in [-0.2, 0) is 9.53 Å². The number of aromatic nitrogens is 2. The van der Waals surface area contributed by atoms with E-state index in [1.54, 1.807) is 6.92 Å². The van der Waals surface area contributed by atoms with Crippen LogP contribution in [0.5, 0.6) is 0 Å². The number of esters is 1. The molecule has 1 aliphatic rings. The first-order valence-corrected chi connectivity index (χ1v) is 10.7. The molecule has 1 N–H and O–H groups in total. The first kappa shape index (κ1) is 20.1. The minimum atomic E-state index is -0.445. The molecule has 6 heteroatoms. The minimum absolute atomic E-state index is 0.142. The largest absolute Gasteiger partial charge is 0.465 e. The van der Waals surface area contributed by atoms with E-state index < -0.39 is 5.97 Å². The van der Waals surface area contributed by atoms with Crippen molar-refractivity contribution in [1.29, 1.82) is 0 Å². The highest BCUT2D eigenvalue weighted by Gasteiger charge is 2.24. The number of nitrogens with one attached hydrogen (secondary N) is 1. The van der Waals surface area contributed by atoms with Crippen LogP contribution in [0.3, 0.4) is 0 Å². The van der Waals surface area contributed by atoms with Crippen LogP contribution in [0, 0.1) is 0 Å². The Hall–Kier alpha value is -3.15. The molecule has 0 aliphatic heterocycles. The fraction of sp³-hybridized carbons (Fsp3) is 0.375. The number of amides is 1. The fourth-order valence-electron chi connectivity index (χ4n) is 4.25. The van der Waals surface area contributed by atoms with E-state index in [9.17, 15) is 9.59 Å². The van der Waals surface area contributed by atoms with Gasteiger partial charge >= 0.3 is 5.97 Å². The summed E-state index contributed by atoms with van der Waals surface area (Å²) in [6, 6.07) is 15.8. The number of rotatable bonds is 6. The van der Waals surface area contributed by atoms with Crippen molar-refractivity contribution >= 4 is 22.8 Å². The Bertz CT molecular complexity index is 1040. The smallest absolute Gasteiger partial charge is 0.325 e. The van der Waals surface area contributed by atoms with Crippen molar-refractivity contribution in [2.24, 2.45) is 0 Å². The van der Waals surface area contributed by atoms with Crippen LogP contribution in [0.2, 0.25) is 0 Å². The van der Waals surface area contributed by atoms with Gasteiger partial charge in [0.1, 0.15) is 6.54 Å². The third-order valence-electron chi connectivity index (χ3n) is 5.66. The Labute approximate surface area is 176 Å². The van der Waals surface area contributed by atoms with E-state index >= 15 is 0 Å². The molecule has 1 saturated carbocycles. The zero-order chi connectivity index (χ0) is 20.9. The van der Waals surface area contributed by atoms with E-state index in [-0.39, 0.29) is 12.5 Å². The van der Waals surface area contributed by atoms with E-state index in [1.165, 1.54) is 25.0 Å². The monoisotopic (exact) mass is 405 g/mol. The number of fused-ring (bicyclic) bond motifs is 1. The average Bonchev–Trinajstić information content (AvgIpc) is 3.17. The maximum Gasteiger partial charge on any atom is 0.325 e. The highest BCUT2D eigenvalue weighted by molar-refractivity contribution is 5.99. The molecule has 2 aromatic carbocycles. The Kier molecular flexibility index (Phi) is 6.12. The van der Waals surface area contributed by atoms with Gasteiger partial charge in [0.05, 0.1) is 23.5 Å². The lowest BCUT2D eigenvalue weighted by Gasteiger charge is -2.23. The van der Waals surface area contributed by atoms with Gasteiger partial charge in [-0.2, -0.15) is 5.10 Å². The van der Waals surface area contributed by atoms with E-state index in [0.29, 0.717) is 18.1 Å². The number of benzene rings is 2. The van der Waals surface area contributed by atoms with Crippen molar-refractivity contribution in [3.63, 3.8) is 0 Å². The molecule has 4 rings (SSSR count). The van der Waals surface area contributed by atoms with Gasteiger partial charge in [0.2, 0.25) is 0 Å². The van der Waals surface area contributed by atoms with Crippen LogP contribution in [-0.4, -0.2) is 34.8 Å². The highest BCUT2D eigenvalue weighted by Crippen LogP contribution is 2.37. The lowest BCUT2D eigenvalue weighted by molar-refractivity contribution is -0.141. The quantitative estimate of drug-likeness (QED) is 0.618. The number of hydrogen-bond donors (Lipinski definition) is 1.